The molecule has 0 aliphatic carbocycles. The number of aromatic nitrogens is 3. The van der Waals surface area contributed by atoms with Gasteiger partial charge in [0.25, 0.3) is 5.56 Å². The minimum Gasteiger partial charge on any atom is -0.311 e. The molecular formula is C12H13ClN4O2. The van der Waals surface area contributed by atoms with E-state index in [9.17, 15) is 9.59 Å². The normalized spacial score (nSPS) is 10.6. The van der Waals surface area contributed by atoms with Gasteiger partial charge in [-0.25, -0.2) is 4.79 Å². The van der Waals surface area contributed by atoms with E-state index < -0.39 is 11.2 Å². The Morgan fingerprint density at radius 1 is 1.42 bits per heavy atom. The molecule has 0 saturated carbocycles. The summed E-state index contributed by atoms with van der Waals surface area (Å²) in [7, 11) is 0. The lowest BCUT2D eigenvalue weighted by Crippen LogP contribution is -2.32. The third kappa shape index (κ3) is 3.77. The maximum Gasteiger partial charge on any atom is 0.328 e. The van der Waals surface area contributed by atoms with E-state index in [2.05, 4.69) is 15.3 Å². The average molecular weight is 281 g/mol. The zero-order chi connectivity index (χ0) is 13.7. The first-order chi connectivity index (χ1) is 9.16. The number of hydrogen-bond acceptors (Lipinski definition) is 4. The fraction of sp³-hybridized carbons (Fsp3) is 0.250. The third-order valence-electron chi connectivity index (χ3n) is 2.55. The molecule has 0 unspecified atom stereocenters. The van der Waals surface area contributed by atoms with Crippen LogP contribution in [0.1, 0.15) is 5.56 Å². The lowest BCUT2D eigenvalue weighted by molar-refractivity contribution is 0.574. The molecule has 100 valence electrons. The minimum absolute atomic E-state index is 0.00635. The van der Waals surface area contributed by atoms with Crippen molar-refractivity contribution < 1.29 is 0 Å². The highest BCUT2D eigenvalue weighted by atomic mass is 35.5. The van der Waals surface area contributed by atoms with Gasteiger partial charge in [0.2, 0.25) is 0 Å². The number of nitrogens with one attached hydrogen (secondary N) is 2. The molecule has 0 bridgehead atoms. The van der Waals surface area contributed by atoms with E-state index in [0.717, 1.165) is 5.56 Å². The molecule has 0 saturated heterocycles. The van der Waals surface area contributed by atoms with Gasteiger partial charge in [-0.3, -0.25) is 19.3 Å². The standard InChI is InChI=1S/C12H13ClN4O2/c13-10-8-17(12(19)16-11(10)18)5-4-15-7-9-2-1-3-14-6-9/h1-3,6,8,15H,4-5,7H2,(H,16,18,19). The molecular weight excluding hydrogens is 268 g/mol. The van der Waals surface area contributed by atoms with Crippen LogP contribution >= 0.6 is 11.6 Å². The number of nitrogens with zero attached hydrogens (tertiary/aromatic N) is 2. The van der Waals surface area contributed by atoms with E-state index in [0.29, 0.717) is 19.6 Å². The van der Waals surface area contributed by atoms with Crippen LogP contribution in [0.4, 0.5) is 0 Å². The maximum atomic E-state index is 11.5. The van der Waals surface area contributed by atoms with Crippen molar-refractivity contribution in [2.24, 2.45) is 0 Å². The molecule has 2 aromatic heterocycles. The Kier molecular flexibility index (Phi) is 4.48. The van der Waals surface area contributed by atoms with Crippen molar-refractivity contribution in [1.82, 2.24) is 19.9 Å². The second-order valence-electron chi connectivity index (χ2n) is 3.97. The van der Waals surface area contributed by atoms with E-state index in [-0.39, 0.29) is 5.02 Å². The molecule has 0 radical (unpaired) electrons. The van der Waals surface area contributed by atoms with E-state index in [1.165, 1.54) is 10.8 Å². The molecule has 0 spiro atoms. The van der Waals surface area contributed by atoms with Crippen LogP contribution in [-0.2, 0) is 13.1 Å². The van der Waals surface area contributed by atoms with Crippen molar-refractivity contribution in [1.29, 1.82) is 0 Å². The lowest BCUT2D eigenvalue weighted by atomic mass is 10.3. The Bertz CT molecular complexity index is 651. The summed E-state index contributed by atoms with van der Waals surface area (Å²) in [6.45, 7) is 1.67. The Labute approximate surface area is 114 Å². The monoisotopic (exact) mass is 280 g/mol. The first-order valence-corrected chi connectivity index (χ1v) is 6.13. The second kappa shape index (κ2) is 6.31. The first kappa shape index (κ1) is 13.5. The van der Waals surface area contributed by atoms with Gasteiger partial charge >= 0.3 is 5.69 Å². The SMILES string of the molecule is O=c1[nH]c(=O)n(CCNCc2cccnc2)cc1Cl. The Morgan fingerprint density at radius 2 is 2.26 bits per heavy atom. The van der Waals surface area contributed by atoms with Crippen molar-refractivity contribution in [3.05, 3.63) is 62.1 Å². The predicted octanol–water partition coefficient (Wildman–Crippen LogP) is 0.375. The minimum atomic E-state index is -0.564. The van der Waals surface area contributed by atoms with Gasteiger partial charge in [-0.05, 0) is 11.6 Å². The highest BCUT2D eigenvalue weighted by Crippen LogP contribution is 1.96. The van der Waals surface area contributed by atoms with Crippen molar-refractivity contribution in [2.75, 3.05) is 6.54 Å². The molecule has 6 nitrogen and oxygen atoms in total. The van der Waals surface area contributed by atoms with E-state index >= 15 is 0 Å². The average Bonchev–Trinajstić information content (AvgIpc) is 2.41. The summed E-state index contributed by atoms with van der Waals surface area (Å²) < 4.78 is 1.36. The fourth-order valence-corrected chi connectivity index (χ4v) is 1.75. The predicted molar refractivity (Wildman–Crippen MR) is 72.3 cm³/mol. The van der Waals surface area contributed by atoms with Crippen LogP contribution < -0.4 is 16.6 Å². The molecule has 2 heterocycles. The van der Waals surface area contributed by atoms with Crippen molar-refractivity contribution >= 4 is 11.6 Å². The van der Waals surface area contributed by atoms with E-state index in [4.69, 9.17) is 11.6 Å². The molecule has 0 fully saturated rings. The van der Waals surface area contributed by atoms with Gasteiger partial charge < -0.3 is 5.32 Å². The van der Waals surface area contributed by atoms with Gasteiger partial charge in [-0.15, -0.1) is 0 Å². The lowest BCUT2D eigenvalue weighted by Gasteiger charge is -2.07. The quantitative estimate of drug-likeness (QED) is 0.776. The van der Waals surface area contributed by atoms with Crippen LogP contribution in [0.2, 0.25) is 5.02 Å². The number of halogens is 1. The van der Waals surface area contributed by atoms with Crippen molar-refractivity contribution in [2.45, 2.75) is 13.1 Å². The zero-order valence-electron chi connectivity index (χ0n) is 10.1. The highest BCUT2D eigenvalue weighted by Gasteiger charge is 2.01. The van der Waals surface area contributed by atoms with Gasteiger partial charge in [0, 0.05) is 38.2 Å². The second-order valence-corrected chi connectivity index (χ2v) is 4.37. The molecule has 0 amide bonds. The molecule has 2 N–H and O–H groups in total. The summed E-state index contributed by atoms with van der Waals surface area (Å²) in [4.78, 5) is 28.7. The molecule has 0 aliphatic heterocycles. The summed E-state index contributed by atoms with van der Waals surface area (Å²) in [6, 6.07) is 3.83. The van der Waals surface area contributed by atoms with E-state index in [1.807, 2.05) is 12.1 Å². The van der Waals surface area contributed by atoms with Crippen LogP contribution in [0.25, 0.3) is 0 Å². The van der Waals surface area contributed by atoms with Crippen LogP contribution in [-0.4, -0.2) is 21.1 Å². The van der Waals surface area contributed by atoms with Crippen LogP contribution in [0, 0.1) is 0 Å². The van der Waals surface area contributed by atoms with Crippen LogP contribution in [0.5, 0.6) is 0 Å². The molecule has 7 heteroatoms. The van der Waals surface area contributed by atoms with Gasteiger partial charge in [0.1, 0.15) is 5.02 Å². The zero-order valence-corrected chi connectivity index (χ0v) is 10.9. The summed E-state index contributed by atoms with van der Waals surface area (Å²) in [5, 5.41) is 3.18. The van der Waals surface area contributed by atoms with Gasteiger partial charge in [-0.2, -0.15) is 0 Å². The first-order valence-electron chi connectivity index (χ1n) is 5.76. The summed E-state index contributed by atoms with van der Waals surface area (Å²) in [5.74, 6) is 0. The topological polar surface area (TPSA) is 79.8 Å². The number of pyridine rings is 1. The van der Waals surface area contributed by atoms with Crippen molar-refractivity contribution in [3.8, 4) is 0 Å². The Balaban J connectivity index is 1.88. The summed E-state index contributed by atoms with van der Waals surface area (Å²) >= 11 is 5.66. The largest absolute Gasteiger partial charge is 0.328 e. The Morgan fingerprint density at radius 3 is 3.00 bits per heavy atom. The summed E-state index contributed by atoms with van der Waals surface area (Å²) in [6.07, 6.45) is 4.83. The molecule has 2 rings (SSSR count). The molecule has 0 atom stereocenters. The molecule has 19 heavy (non-hydrogen) atoms. The van der Waals surface area contributed by atoms with Gasteiger partial charge in [0.05, 0.1) is 0 Å². The van der Waals surface area contributed by atoms with Gasteiger partial charge in [0.15, 0.2) is 0 Å². The number of H-pyrrole nitrogens is 1. The maximum absolute atomic E-state index is 11.5. The third-order valence-corrected chi connectivity index (χ3v) is 2.82. The molecule has 0 aromatic carbocycles. The van der Waals surface area contributed by atoms with Crippen LogP contribution in [0.3, 0.4) is 0 Å². The highest BCUT2D eigenvalue weighted by molar-refractivity contribution is 6.30. The molecule has 0 aliphatic rings. The number of hydrogen-bond donors (Lipinski definition) is 2. The van der Waals surface area contributed by atoms with Crippen LogP contribution in [0.15, 0.2) is 40.3 Å². The molecule has 2 aromatic rings. The van der Waals surface area contributed by atoms with Gasteiger partial charge in [-0.1, -0.05) is 17.7 Å². The smallest absolute Gasteiger partial charge is 0.311 e. The van der Waals surface area contributed by atoms with E-state index in [1.54, 1.807) is 12.4 Å². The summed E-state index contributed by atoms with van der Waals surface area (Å²) in [5.41, 5.74) is 0.0400. The fourth-order valence-electron chi connectivity index (χ4n) is 1.58. The Hall–Kier alpha value is -1.92. The number of rotatable bonds is 5. The van der Waals surface area contributed by atoms with Crippen molar-refractivity contribution in [3.63, 3.8) is 0 Å². The number of aromatic amines is 1.